The molecule has 1 aliphatic heterocycles. The van der Waals surface area contributed by atoms with E-state index < -0.39 is 19.1 Å². The fourth-order valence-electron chi connectivity index (χ4n) is 7.18. The van der Waals surface area contributed by atoms with E-state index in [9.17, 15) is 0 Å². The Hall–Kier alpha value is -5.93. The fraction of sp³-hybridized carbons (Fsp3) is 0.196. The number of para-hydroxylation sites is 4. The van der Waals surface area contributed by atoms with Crippen molar-refractivity contribution in [3.05, 3.63) is 162 Å². The van der Waals surface area contributed by atoms with Crippen molar-refractivity contribution in [2.75, 3.05) is 0 Å². The molecule has 4 heterocycles. The predicted molar refractivity (Wildman–Crippen MR) is 234 cm³/mol. The third kappa shape index (κ3) is 6.91. The van der Waals surface area contributed by atoms with Gasteiger partial charge in [0.2, 0.25) is 5.69 Å². The molecule has 5 aromatic carbocycles. The van der Waals surface area contributed by atoms with E-state index in [0.29, 0.717) is 45.2 Å². The van der Waals surface area contributed by atoms with Crippen molar-refractivity contribution in [3.8, 4) is 28.4 Å². The molecule has 0 spiro atoms. The Balaban J connectivity index is 0.00000625. The number of hydrogen-bond acceptors (Lipinski definition) is 3. The van der Waals surface area contributed by atoms with Gasteiger partial charge in [-0.25, -0.2) is 4.98 Å². The van der Waals surface area contributed by atoms with Crippen molar-refractivity contribution < 1.29 is 39.5 Å². The van der Waals surface area contributed by atoms with Crippen LogP contribution in [-0.2, 0) is 31.9 Å². The summed E-state index contributed by atoms with van der Waals surface area (Å²) in [6.07, 6.45) is 3.15. The number of rotatable bonds is 6. The van der Waals surface area contributed by atoms with Crippen LogP contribution in [0.1, 0.15) is 77.5 Å². The number of benzene rings is 5. The molecule has 8 aromatic rings. The molecule has 288 valence electrons. The molecule has 6 nitrogen and oxygen atoms in total. The van der Waals surface area contributed by atoms with Crippen molar-refractivity contribution in [3.63, 3.8) is 0 Å². The molecule has 0 atom stereocenters. The molecule has 58 heavy (non-hydrogen) atoms. The van der Waals surface area contributed by atoms with Crippen molar-refractivity contribution in [2.24, 2.45) is 0 Å². The van der Waals surface area contributed by atoms with Gasteiger partial charge < -0.3 is 14.3 Å². The second-order valence-corrected chi connectivity index (χ2v) is 16.1. The Kier molecular flexibility index (Phi) is 7.25. The van der Waals surface area contributed by atoms with Crippen LogP contribution in [0.15, 0.2) is 128 Å². The van der Waals surface area contributed by atoms with Crippen LogP contribution in [0.2, 0.25) is 0 Å². The largest absolute Gasteiger partial charge is 2.00 e. The van der Waals surface area contributed by atoms with E-state index in [0.717, 1.165) is 16.8 Å². The summed E-state index contributed by atoms with van der Waals surface area (Å²) >= 11 is 0. The van der Waals surface area contributed by atoms with Gasteiger partial charge in [0.25, 0.3) is 11.4 Å². The average Bonchev–Trinajstić information content (AvgIpc) is 3.83. The molecule has 0 N–H and O–H groups in total. The van der Waals surface area contributed by atoms with Gasteiger partial charge >= 0.3 is 27.1 Å². The molecule has 0 unspecified atom stereocenters. The minimum Gasteiger partial charge on any atom is -0.507 e. The number of nitrogens with zero attached hydrogens (tertiary/aromatic N) is 5. The van der Waals surface area contributed by atoms with E-state index in [-0.39, 0.29) is 84.0 Å². The summed E-state index contributed by atoms with van der Waals surface area (Å²) in [7, 11) is 0. The third-order valence-electron chi connectivity index (χ3n) is 10.2. The fourth-order valence-corrected chi connectivity index (χ4v) is 7.18. The van der Waals surface area contributed by atoms with Crippen LogP contribution in [0.25, 0.3) is 38.9 Å². The molecule has 0 radical (unpaired) electrons. The number of ether oxygens (including phenoxy) is 1. The van der Waals surface area contributed by atoms with E-state index in [1.54, 1.807) is 27.5 Å². The summed E-state index contributed by atoms with van der Waals surface area (Å²) in [5.41, 5.74) is 4.92. The van der Waals surface area contributed by atoms with Gasteiger partial charge in [0.15, 0.2) is 0 Å². The first-order valence-electron chi connectivity index (χ1n) is 23.7. The Morgan fingerprint density at radius 1 is 0.724 bits per heavy atom. The molecule has 0 aliphatic carbocycles. The average molecular weight is 949 g/mol. The van der Waals surface area contributed by atoms with Gasteiger partial charge in [-0.1, -0.05) is 119 Å². The molecule has 0 fully saturated rings. The Labute approximate surface area is 369 Å². The zero-order chi connectivity index (χ0) is 48.1. The number of fused-ring (bicyclic) bond motifs is 4. The van der Waals surface area contributed by atoms with Crippen molar-refractivity contribution >= 4 is 50.7 Å². The van der Waals surface area contributed by atoms with E-state index in [2.05, 4.69) is 64.7 Å². The van der Waals surface area contributed by atoms with Crippen LogP contribution in [0.5, 0.6) is 11.5 Å². The maximum atomic E-state index is 9.01. The molecule has 7 heteroatoms. The topological polar surface area (TPSA) is 46.0 Å². The zero-order valence-corrected chi connectivity index (χ0v) is 35.0. The third-order valence-corrected chi connectivity index (χ3v) is 10.2. The Morgan fingerprint density at radius 3 is 2.14 bits per heavy atom. The molecule has 0 bridgehead atoms. The van der Waals surface area contributed by atoms with Gasteiger partial charge in [-0.15, -0.1) is 17.7 Å². The minimum atomic E-state index is -2.61. The first-order chi connectivity index (χ1) is 31.4. The molecule has 1 aliphatic rings. The first-order valence-corrected chi connectivity index (χ1v) is 18.7. The van der Waals surface area contributed by atoms with Crippen LogP contribution in [0.3, 0.4) is 0 Å². The first kappa shape index (κ1) is 28.5. The zero-order valence-electron chi connectivity index (χ0n) is 42.8. The van der Waals surface area contributed by atoms with E-state index in [1.165, 1.54) is 24.4 Å². The van der Waals surface area contributed by atoms with Crippen LogP contribution < -0.4 is 13.9 Å². The maximum Gasteiger partial charge on any atom is 2.00 e. The second kappa shape index (κ2) is 14.8. The number of hydrogen-bond donors (Lipinski definition) is 0. The van der Waals surface area contributed by atoms with Gasteiger partial charge in [0.1, 0.15) is 11.5 Å². The van der Waals surface area contributed by atoms with E-state index in [4.69, 9.17) is 23.4 Å². The van der Waals surface area contributed by atoms with E-state index in [1.807, 2.05) is 65.2 Å². The molecule has 0 saturated heterocycles. The maximum absolute atomic E-state index is 9.01. The van der Waals surface area contributed by atoms with Crippen LogP contribution in [0.4, 0.5) is 22.7 Å². The Morgan fingerprint density at radius 2 is 1.41 bits per heavy atom. The summed E-state index contributed by atoms with van der Waals surface area (Å²) in [5, 5.41) is 0.233. The summed E-state index contributed by atoms with van der Waals surface area (Å²) in [6, 6.07) is 35.8. The molecule has 0 amide bonds. The van der Waals surface area contributed by atoms with Gasteiger partial charge in [0, 0.05) is 49.6 Å². The molecular formula is C51H45N5OPt+2. The van der Waals surface area contributed by atoms with Gasteiger partial charge in [0.05, 0.1) is 11.0 Å². The summed E-state index contributed by atoms with van der Waals surface area (Å²) < 4.78 is 97.3. The van der Waals surface area contributed by atoms with Gasteiger partial charge in [-0.2, -0.15) is 0 Å². The number of aromatic nitrogens is 3. The summed E-state index contributed by atoms with van der Waals surface area (Å²) in [6.45, 7) is 7.23. The second-order valence-electron chi connectivity index (χ2n) is 16.1. The molecular weight excluding hydrogens is 894 g/mol. The van der Waals surface area contributed by atoms with Gasteiger partial charge in [-0.3, -0.25) is 0 Å². The van der Waals surface area contributed by atoms with Crippen molar-refractivity contribution in [2.45, 2.75) is 66.1 Å². The van der Waals surface area contributed by atoms with Crippen LogP contribution >= 0.6 is 0 Å². The summed E-state index contributed by atoms with van der Waals surface area (Å²) in [4.78, 5) is 9.42. The minimum absolute atomic E-state index is 0. The van der Waals surface area contributed by atoms with E-state index >= 15 is 0 Å². The smallest absolute Gasteiger partial charge is 0.507 e. The quantitative estimate of drug-likeness (QED) is 0.123. The number of aryl methyl sites for hydroxylation is 2. The molecule has 3 aromatic heterocycles. The number of pyridine rings is 2. The SMILES string of the molecule is [2H]c1c([2H])c([2H])c2c(c1[2H])c1ncc(Oc3[c-]c([N+]4=C=[N+](c5ccccc5-c5c(C([2H])([2H])[2H])cccc5C([2H])([2H])[2H])c5ccccc54)cc(C(C)(C)C)c3)[c-]c1n2-c1cc(C(C)(C)C)ccn1.[Pt+2]. The van der Waals surface area contributed by atoms with Gasteiger partial charge in [-0.05, 0) is 98.2 Å². The van der Waals surface area contributed by atoms with Crippen LogP contribution in [-0.4, -0.2) is 20.5 Å². The monoisotopic (exact) mass is 948 g/mol. The molecule has 0 saturated carbocycles. The van der Waals surface area contributed by atoms with Crippen LogP contribution in [0, 0.1) is 25.8 Å². The predicted octanol–water partition coefficient (Wildman–Crippen LogP) is 12.7. The normalized spacial score (nSPS) is 15.6. The Bertz CT molecular complexity index is 3400. The van der Waals surface area contributed by atoms with Crippen molar-refractivity contribution in [1.29, 1.82) is 0 Å². The van der Waals surface area contributed by atoms with Crippen molar-refractivity contribution in [1.82, 2.24) is 23.7 Å². The standard InChI is InChI=1S/C51H45N5O.Pt/c1-33-16-15-17-34(2)48(33)40-18-9-11-20-42(40)55-32-54(44-22-13-14-23-45(44)55)37-26-36(51(6,7)8)27-38(29-37)57-39-30-46-49(53-31-39)41-19-10-12-21-43(41)56(46)47-28-35(24-25-52-47)50(3,4)5;/h9-28,31H,1-8H3;/q;+2/i1D3,2D3,10D,12D,19D,21D;. The molecule has 9 rings (SSSR count). The summed E-state index contributed by atoms with van der Waals surface area (Å²) in [5.74, 6) is 0.930.